The Morgan fingerprint density at radius 2 is 0.917 bits per heavy atom. The smallest absolute Gasteiger partial charge is 0.423 e. The molecule has 6 atom stereocenters. The molecule has 2 aliphatic carbocycles. The summed E-state index contributed by atoms with van der Waals surface area (Å²) in [5, 5.41) is -1.45. The Morgan fingerprint density at radius 3 is 1.19 bits per heavy atom. The molecule has 0 aliphatic heterocycles. The number of halogens is 6. The van der Waals surface area contributed by atoms with E-state index in [-0.39, 0.29) is 55.2 Å². The molecule has 2 aromatic rings. The standard InChI is InChI=1S/C34H36Cl6O8/c1-7-15-17(23(15)13(3)4)11-45-31(41)25-27(39)19(35)9-21(37)29(25)47-33(43)34(44)48-30-22(38)10-20(36)28(40)26(30)32(42)46-12-18-16(8-2)24(18)14(5)6/h9-10,13-18,23-24H,7-8,11-12H2,1-6H3. The van der Waals surface area contributed by atoms with E-state index >= 15 is 0 Å². The molecule has 2 aliphatic rings. The highest BCUT2D eigenvalue weighted by atomic mass is 35.5. The van der Waals surface area contributed by atoms with Crippen molar-refractivity contribution in [1.29, 1.82) is 0 Å². The second-order valence-electron chi connectivity index (χ2n) is 12.8. The van der Waals surface area contributed by atoms with Crippen LogP contribution >= 0.6 is 69.6 Å². The van der Waals surface area contributed by atoms with Gasteiger partial charge in [0.15, 0.2) is 11.5 Å². The number of ether oxygens (including phenoxy) is 4. The lowest BCUT2D eigenvalue weighted by molar-refractivity contribution is -0.156. The van der Waals surface area contributed by atoms with Crippen LogP contribution in [0.3, 0.4) is 0 Å². The van der Waals surface area contributed by atoms with Crippen LogP contribution in [0.25, 0.3) is 0 Å². The number of esters is 4. The number of benzene rings is 2. The SMILES string of the molecule is CCC1C(COC(=O)c2c(Cl)c(Cl)cc(Cl)c2OC(=O)C(=O)Oc2c(Cl)cc(Cl)c(Cl)c2C(=O)OCC2C(CC)C2C(C)C)C1C(C)C. The highest BCUT2D eigenvalue weighted by molar-refractivity contribution is 6.47. The zero-order valence-electron chi connectivity index (χ0n) is 27.1. The number of rotatable bonds is 12. The lowest BCUT2D eigenvalue weighted by Gasteiger charge is -2.16. The molecule has 0 amide bonds. The topological polar surface area (TPSA) is 105 Å². The zero-order chi connectivity index (χ0) is 35.8. The Morgan fingerprint density at radius 1 is 0.583 bits per heavy atom. The van der Waals surface area contributed by atoms with E-state index in [1.165, 1.54) is 0 Å². The fourth-order valence-corrected chi connectivity index (χ4v) is 8.46. The molecule has 0 heterocycles. The molecular formula is C34H36Cl6O8. The lowest BCUT2D eigenvalue weighted by Crippen LogP contribution is -2.27. The maximum atomic E-state index is 13.3. The normalized spacial score (nSPS) is 22.8. The van der Waals surface area contributed by atoms with E-state index in [2.05, 4.69) is 41.5 Å². The molecule has 8 nitrogen and oxygen atoms in total. The molecule has 2 aromatic carbocycles. The average Bonchev–Trinajstić information content (AvgIpc) is 3.92. The fraction of sp³-hybridized carbons (Fsp3) is 0.529. The van der Waals surface area contributed by atoms with Crippen LogP contribution in [0.5, 0.6) is 11.5 Å². The summed E-state index contributed by atoms with van der Waals surface area (Å²) in [6.45, 7) is 12.8. The van der Waals surface area contributed by atoms with E-state index in [1.54, 1.807) is 0 Å². The summed E-state index contributed by atoms with van der Waals surface area (Å²) in [6, 6.07) is 2.27. The van der Waals surface area contributed by atoms with E-state index in [4.69, 9.17) is 88.6 Å². The second kappa shape index (κ2) is 15.9. The minimum absolute atomic E-state index is 0.1000. The summed E-state index contributed by atoms with van der Waals surface area (Å²) in [5.41, 5.74) is -0.904. The van der Waals surface area contributed by atoms with Gasteiger partial charge in [-0.2, -0.15) is 0 Å². The number of carbonyl (C=O) groups is 4. The summed E-state index contributed by atoms with van der Waals surface area (Å²) in [5.74, 6) is -3.64. The van der Waals surface area contributed by atoms with E-state index in [0.29, 0.717) is 35.5 Å². The minimum atomic E-state index is -1.64. The maximum absolute atomic E-state index is 13.3. The van der Waals surface area contributed by atoms with Gasteiger partial charge in [-0.3, -0.25) is 0 Å². The van der Waals surface area contributed by atoms with E-state index in [9.17, 15) is 19.2 Å². The van der Waals surface area contributed by atoms with Gasteiger partial charge in [0.1, 0.15) is 11.1 Å². The Bertz CT molecular complexity index is 1490. The van der Waals surface area contributed by atoms with Crippen molar-refractivity contribution in [1.82, 2.24) is 0 Å². The molecule has 2 saturated carbocycles. The van der Waals surface area contributed by atoms with Crippen LogP contribution in [0, 0.1) is 47.3 Å². The largest absolute Gasteiger partial charge is 0.462 e. The Labute approximate surface area is 309 Å². The molecule has 0 spiro atoms. The molecule has 0 radical (unpaired) electrons. The van der Waals surface area contributed by atoms with E-state index in [0.717, 1.165) is 25.0 Å². The van der Waals surface area contributed by atoms with Crippen molar-refractivity contribution in [2.24, 2.45) is 47.3 Å². The summed E-state index contributed by atoms with van der Waals surface area (Å²) in [6.07, 6.45) is 1.86. The van der Waals surface area contributed by atoms with Crippen LogP contribution in [0.4, 0.5) is 0 Å². The molecule has 2 fully saturated rings. The number of hydrogen-bond acceptors (Lipinski definition) is 8. The van der Waals surface area contributed by atoms with Crippen molar-refractivity contribution in [2.45, 2.75) is 54.4 Å². The van der Waals surface area contributed by atoms with Crippen LogP contribution in [0.2, 0.25) is 30.1 Å². The van der Waals surface area contributed by atoms with Gasteiger partial charge in [0, 0.05) is 0 Å². The molecule has 262 valence electrons. The number of hydrogen-bond donors (Lipinski definition) is 0. The first-order chi connectivity index (χ1) is 22.5. The van der Waals surface area contributed by atoms with E-state index < -0.39 is 46.5 Å². The van der Waals surface area contributed by atoms with Crippen LogP contribution < -0.4 is 9.47 Å². The fourth-order valence-electron chi connectivity index (χ4n) is 7.02. The summed E-state index contributed by atoms with van der Waals surface area (Å²) < 4.78 is 21.5. The van der Waals surface area contributed by atoms with Crippen LogP contribution in [-0.2, 0) is 19.1 Å². The highest BCUT2D eigenvalue weighted by Gasteiger charge is 2.51. The first kappa shape index (κ1) is 38.9. The Kier molecular flexibility index (Phi) is 12.9. The van der Waals surface area contributed by atoms with Crippen LogP contribution in [-0.4, -0.2) is 37.1 Å². The first-order valence-electron chi connectivity index (χ1n) is 15.7. The van der Waals surface area contributed by atoms with Gasteiger partial charge in [-0.25, -0.2) is 19.2 Å². The average molecular weight is 785 g/mol. The number of carbonyl (C=O) groups excluding carboxylic acids is 4. The van der Waals surface area contributed by atoms with Crippen molar-refractivity contribution in [3.05, 3.63) is 53.4 Å². The highest BCUT2D eigenvalue weighted by Crippen LogP contribution is 2.54. The van der Waals surface area contributed by atoms with Crippen molar-refractivity contribution < 1.29 is 38.1 Å². The van der Waals surface area contributed by atoms with Gasteiger partial charge in [-0.1, -0.05) is 124 Å². The van der Waals surface area contributed by atoms with Gasteiger partial charge in [-0.15, -0.1) is 0 Å². The lowest BCUT2D eigenvalue weighted by atomic mass is 10.1. The summed E-state index contributed by atoms with van der Waals surface area (Å²) >= 11 is 37.6. The third kappa shape index (κ3) is 8.16. The van der Waals surface area contributed by atoms with Crippen molar-refractivity contribution >= 4 is 93.5 Å². The third-order valence-electron chi connectivity index (χ3n) is 9.31. The van der Waals surface area contributed by atoms with Gasteiger partial charge < -0.3 is 18.9 Å². The Hall–Kier alpha value is -1.94. The van der Waals surface area contributed by atoms with Gasteiger partial charge in [-0.05, 0) is 59.5 Å². The summed E-state index contributed by atoms with van der Waals surface area (Å²) in [4.78, 5) is 52.6. The van der Waals surface area contributed by atoms with Crippen LogP contribution in [0.1, 0.15) is 75.1 Å². The summed E-state index contributed by atoms with van der Waals surface area (Å²) in [7, 11) is 0. The van der Waals surface area contributed by atoms with Crippen molar-refractivity contribution in [3.63, 3.8) is 0 Å². The van der Waals surface area contributed by atoms with Crippen molar-refractivity contribution in [2.75, 3.05) is 13.2 Å². The molecule has 48 heavy (non-hydrogen) atoms. The predicted octanol–water partition coefficient (Wildman–Crippen LogP) is 10.3. The zero-order valence-corrected chi connectivity index (χ0v) is 31.7. The van der Waals surface area contributed by atoms with E-state index in [1.807, 2.05) is 0 Å². The van der Waals surface area contributed by atoms with Gasteiger partial charge in [0.2, 0.25) is 0 Å². The molecule has 14 heteroatoms. The molecule has 0 bridgehead atoms. The quantitative estimate of drug-likeness (QED) is 0.0907. The molecular weight excluding hydrogens is 749 g/mol. The second-order valence-corrected chi connectivity index (χ2v) is 15.2. The molecule has 0 N–H and O–H groups in total. The third-order valence-corrected chi connectivity index (χ3v) is 11.4. The van der Waals surface area contributed by atoms with Crippen LogP contribution in [0.15, 0.2) is 12.1 Å². The molecule has 0 aromatic heterocycles. The monoisotopic (exact) mass is 782 g/mol. The molecule has 0 saturated heterocycles. The Balaban J connectivity index is 1.53. The molecule has 4 rings (SSSR count). The first-order valence-corrected chi connectivity index (χ1v) is 17.9. The predicted molar refractivity (Wildman–Crippen MR) is 186 cm³/mol. The minimum Gasteiger partial charge on any atom is -0.462 e. The molecule has 6 unspecified atom stereocenters. The van der Waals surface area contributed by atoms with Crippen molar-refractivity contribution in [3.8, 4) is 11.5 Å². The maximum Gasteiger partial charge on any atom is 0.423 e. The van der Waals surface area contributed by atoms with Gasteiger partial charge >= 0.3 is 23.9 Å². The van der Waals surface area contributed by atoms with Gasteiger partial charge in [0.05, 0.1) is 43.3 Å². The van der Waals surface area contributed by atoms with Gasteiger partial charge in [0.25, 0.3) is 0 Å².